The van der Waals surface area contributed by atoms with Crippen molar-refractivity contribution in [2.75, 3.05) is 13.2 Å². The molecule has 5 rings (SSSR count). The van der Waals surface area contributed by atoms with Gasteiger partial charge in [0.2, 0.25) is 5.79 Å². The normalized spacial score (nSPS) is 23.9. The predicted octanol–water partition coefficient (Wildman–Crippen LogP) is 5.08. The minimum absolute atomic E-state index is 0.0644. The van der Waals surface area contributed by atoms with Gasteiger partial charge in [-0.15, -0.1) is 0 Å². The molecule has 38 heavy (non-hydrogen) atoms. The number of cyclic esters (lactones) is 1. The Morgan fingerprint density at radius 3 is 2.58 bits per heavy atom. The summed E-state index contributed by atoms with van der Waals surface area (Å²) in [5, 5.41) is 3.70. The fourth-order valence-corrected chi connectivity index (χ4v) is 4.97. The monoisotopic (exact) mass is 528 g/mol. The second-order valence-electron chi connectivity index (χ2n) is 12.5. The van der Waals surface area contributed by atoms with E-state index in [2.05, 4.69) is 10.3 Å². The lowest BCUT2D eigenvalue weighted by Crippen LogP contribution is -2.61. The SMILES string of the molecule is CC(C)(C)OC(=O)N[C@@H](COCC1CC1)[C@@]1(Cc2nccc3oc(CCC4CC4)cc23)OC(C)(C)OC1=O. The summed E-state index contributed by atoms with van der Waals surface area (Å²) in [4.78, 5) is 31.2. The smallest absolute Gasteiger partial charge is 0.408 e. The second kappa shape index (κ2) is 10.2. The van der Waals surface area contributed by atoms with Gasteiger partial charge in [0, 0.05) is 44.9 Å². The molecular weight excluding hydrogens is 488 g/mol. The topological polar surface area (TPSA) is 109 Å². The first-order valence-corrected chi connectivity index (χ1v) is 13.8. The Kier molecular flexibility index (Phi) is 7.20. The third-order valence-electron chi connectivity index (χ3n) is 7.21. The van der Waals surface area contributed by atoms with Crippen molar-refractivity contribution in [2.45, 2.75) is 103 Å². The average Bonchev–Trinajstić information content (AvgIpc) is 3.73. The highest BCUT2D eigenvalue weighted by molar-refractivity contribution is 5.86. The number of amides is 1. The zero-order valence-electron chi connectivity index (χ0n) is 23.1. The molecular formula is C29H40N2O7. The van der Waals surface area contributed by atoms with Crippen LogP contribution in [0.1, 0.15) is 78.2 Å². The van der Waals surface area contributed by atoms with E-state index in [4.69, 9.17) is 23.4 Å². The second-order valence-corrected chi connectivity index (χ2v) is 12.5. The highest BCUT2D eigenvalue weighted by Gasteiger charge is 2.60. The fourth-order valence-electron chi connectivity index (χ4n) is 4.97. The summed E-state index contributed by atoms with van der Waals surface area (Å²) in [7, 11) is 0. The number of hydrogen-bond acceptors (Lipinski definition) is 8. The van der Waals surface area contributed by atoms with Crippen molar-refractivity contribution in [2.24, 2.45) is 11.8 Å². The summed E-state index contributed by atoms with van der Waals surface area (Å²) < 4.78 is 29.7. The molecule has 2 aromatic heterocycles. The van der Waals surface area contributed by atoms with Crippen molar-refractivity contribution in [1.29, 1.82) is 0 Å². The average molecular weight is 529 g/mol. The minimum Gasteiger partial charge on any atom is -0.461 e. The van der Waals surface area contributed by atoms with Crippen molar-refractivity contribution < 1.29 is 33.0 Å². The van der Waals surface area contributed by atoms with E-state index in [1.807, 2.05) is 12.1 Å². The number of aryl methyl sites for hydroxylation is 1. The van der Waals surface area contributed by atoms with Crippen molar-refractivity contribution >= 4 is 23.0 Å². The number of rotatable bonds is 11. The number of nitrogens with one attached hydrogen (secondary N) is 1. The molecule has 2 atom stereocenters. The van der Waals surface area contributed by atoms with Crippen molar-refractivity contribution in [3.8, 4) is 0 Å². The molecule has 9 nitrogen and oxygen atoms in total. The Morgan fingerprint density at radius 1 is 1.21 bits per heavy atom. The van der Waals surface area contributed by atoms with Gasteiger partial charge in [0.1, 0.15) is 16.9 Å². The third kappa shape index (κ3) is 6.49. The third-order valence-corrected chi connectivity index (χ3v) is 7.21. The number of nitrogens with zero attached hydrogens (tertiary/aromatic N) is 1. The molecule has 1 saturated heterocycles. The fraction of sp³-hybridized carbons (Fsp3) is 0.690. The molecule has 2 aliphatic carbocycles. The standard InChI is InChI=1S/C29H40N2O7/c1-27(2,3)37-26(33)31-24(17-34-16-19-8-9-19)29(25(32)36-28(4,5)38-29)15-22-21-14-20(11-10-18-6-7-18)35-23(21)12-13-30-22/h12-14,18-19,24H,6-11,15-17H2,1-5H3,(H,31,33)/t24-,29+/m0/s1. The van der Waals surface area contributed by atoms with Gasteiger partial charge >= 0.3 is 12.1 Å². The van der Waals surface area contributed by atoms with E-state index in [1.54, 1.807) is 40.8 Å². The van der Waals surface area contributed by atoms with Crippen LogP contribution in [0.4, 0.5) is 4.79 Å². The van der Waals surface area contributed by atoms with Crippen LogP contribution in [-0.2, 0) is 36.6 Å². The molecule has 3 fully saturated rings. The van der Waals surface area contributed by atoms with Gasteiger partial charge in [-0.3, -0.25) is 4.98 Å². The van der Waals surface area contributed by atoms with Gasteiger partial charge in [0.15, 0.2) is 5.60 Å². The largest absolute Gasteiger partial charge is 0.461 e. The summed E-state index contributed by atoms with van der Waals surface area (Å²) in [6, 6.07) is 2.97. The number of pyridine rings is 1. The lowest BCUT2D eigenvalue weighted by molar-refractivity contribution is -0.172. The number of carbonyl (C=O) groups is 2. The van der Waals surface area contributed by atoms with Crippen LogP contribution < -0.4 is 5.32 Å². The van der Waals surface area contributed by atoms with Gasteiger partial charge in [0.25, 0.3) is 0 Å². The van der Waals surface area contributed by atoms with E-state index in [-0.39, 0.29) is 13.0 Å². The molecule has 0 unspecified atom stereocenters. The number of carbonyl (C=O) groups excluding carboxylic acids is 2. The van der Waals surface area contributed by atoms with Gasteiger partial charge in [0.05, 0.1) is 18.3 Å². The molecule has 0 radical (unpaired) electrons. The molecule has 1 aliphatic heterocycles. The van der Waals surface area contributed by atoms with Crippen molar-refractivity contribution in [3.05, 3.63) is 29.8 Å². The van der Waals surface area contributed by atoms with Gasteiger partial charge in [-0.2, -0.15) is 0 Å². The predicted molar refractivity (Wildman–Crippen MR) is 139 cm³/mol. The molecule has 1 N–H and O–H groups in total. The molecule has 0 spiro atoms. The molecule has 2 saturated carbocycles. The maximum absolute atomic E-state index is 13.6. The quantitative estimate of drug-likeness (QED) is 0.402. The Balaban J connectivity index is 1.46. The minimum atomic E-state index is -1.57. The first-order chi connectivity index (χ1) is 17.9. The Bertz CT molecular complexity index is 1180. The zero-order chi connectivity index (χ0) is 27.1. The number of hydrogen-bond donors (Lipinski definition) is 1. The number of fused-ring (bicyclic) bond motifs is 1. The lowest BCUT2D eigenvalue weighted by Gasteiger charge is -2.35. The number of furan rings is 1. The molecule has 2 aromatic rings. The molecule has 0 bridgehead atoms. The number of esters is 1. The summed E-state index contributed by atoms with van der Waals surface area (Å²) in [6.45, 7) is 9.35. The van der Waals surface area contributed by atoms with Crippen molar-refractivity contribution in [3.63, 3.8) is 0 Å². The molecule has 1 amide bonds. The lowest BCUT2D eigenvalue weighted by atomic mass is 9.88. The van der Waals surface area contributed by atoms with Crippen LogP contribution in [-0.4, -0.2) is 53.3 Å². The summed E-state index contributed by atoms with van der Waals surface area (Å²) in [5.74, 6) is 0.442. The van der Waals surface area contributed by atoms with E-state index < -0.39 is 35.1 Å². The summed E-state index contributed by atoms with van der Waals surface area (Å²) >= 11 is 0. The zero-order valence-corrected chi connectivity index (χ0v) is 23.1. The summed E-state index contributed by atoms with van der Waals surface area (Å²) in [5.41, 5.74) is -0.940. The van der Waals surface area contributed by atoms with Gasteiger partial charge in [-0.1, -0.05) is 12.8 Å². The van der Waals surface area contributed by atoms with Crippen LogP contribution in [0.5, 0.6) is 0 Å². The van der Waals surface area contributed by atoms with E-state index in [1.165, 1.54) is 12.8 Å². The van der Waals surface area contributed by atoms with Crippen LogP contribution in [0.15, 0.2) is 22.7 Å². The first-order valence-electron chi connectivity index (χ1n) is 13.8. The highest BCUT2D eigenvalue weighted by atomic mass is 16.8. The first kappa shape index (κ1) is 26.9. The number of ether oxygens (including phenoxy) is 4. The molecule has 208 valence electrons. The van der Waals surface area contributed by atoms with E-state index in [0.29, 0.717) is 23.8 Å². The molecule has 3 aliphatic rings. The van der Waals surface area contributed by atoms with E-state index in [0.717, 1.165) is 42.7 Å². The van der Waals surface area contributed by atoms with Crippen molar-refractivity contribution in [1.82, 2.24) is 10.3 Å². The Morgan fingerprint density at radius 2 is 1.95 bits per heavy atom. The highest BCUT2D eigenvalue weighted by Crippen LogP contribution is 2.40. The molecule has 0 aromatic carbocycles. The van der Waals surface area contributed by atoms with Crippen LogP contribution in [0.25, 0.3) is 11.0 Å². The van der Waals surface area contributed by atoms with Gasteiger partial charge < -0.3 is 28.7 Å². The maximum atomic E-state index is 13.6. The number of aromatic nitrogens is 1. The summed E-state index contributed by atoms with van der Waals surface area (Å²) in [6.07, 6.45) is 7.89. The van der Waals surface area contributed by atoms with E-state index in [9.17, 15) is 9.59 Å². The van der Waals surface area contributed by atoms with Crippen LogP contribution in [0.3, 0.4) is 0 Å². The van der Waals surface area contributed by atoms with E-state index >= 15 is 0 Å². The Labute approximate surface area is 223 Å². The van der Waals surface area contributed by atoms with Crippen LogP contribution in [0, 0.1) is 11.8 Å². The number of alkyl carbamates (subject to hydrolysis) is 1. The van der Waals surface area contributed by atoms with Crippen LogP contribution in [0.2, 0.25) is 0 Å². The molecule has 9 heteroatoms. The van der Waals surface area contributed by atoms with Gasteiger partial charge in [-0.05, 0) is 64.0 Å². The Hall–Kier alpha value is -2.65. The van der Waals surface area contributed by atoms with Crippen LogP contribution >= 0.6 is 0 Å². The van der Waals surface area contributed by atoms with Gasteiger partial charge in [-0.25, -0.2) is 9.59 Å². The maximum Gasteiger partial charge on any atom is 0.408 e. The molecule has 3 heterocycles.